The molecule has 1 atom stereocenters. The van der Waals surface area contributed by atoms with Gasteiger partial charge >= 0.3 is 0 Å². The van der Waals surface area contributed by atoms with Gasteiger partial charge in [0.1, 0.15) is 5.82 Å². The Bertz CT molecular complexity index is 1010. The Hall–Kier alpha value is -2.80. The number of rotatable bonds is 5. The van der Waals surface area contributed by atoms with Crippen LogP contribution in [0.15, 0.2) is 36.9 Å². The largest absolute Gasteiger partial charge is 0.310 e. The third kappa shape index (κ3) is 4.62. The van der Waals surface area contributed by atoms with E-state index in [1.165, 1.54) is 0 Å². The van der Waals surface area contributed by atoms with Crippen molar-refractivity contribution in [2.45, 2.75) is 26.7 Å². The van der Waals surface area contributed by atoms with E-state index < -0.39 is 0 Å². The van der Waals surface area contributed by atoms with Crippen LogP contribution in [-0.4, -0.2) is 50.2 Å². The molecule has 1 N–H and O–H groups in total. The van der Waals surface area contributed by atoms with E-state index in [9.17, 15) is 4.79 Å². The van der Waals surface area contributed by atoms with Crippen LogP contribution in [0.3, 0.4) is 0 Å². The maximum absolute atomic E-state index is 12.8. The Balaban J connectivity index is 1.49. The zero-order valence-electron chi connectivity index (χ0n) is 17.3. The summed E-state index contributed by atoms with van der Waals surface area (Å²) >= 11 is 0. The molecule has 3 aromatic heterocycles. The van der Waals surface area contributed by atoms with Gasteiger partial charge in [0.05, 0.1) is 23.8 Å². The van der Waals surface area contributed by atoms with Crippen molar-refractivity contribution in [1.82, 2.24) is 24.6 Å². The summed E-state index contributed by atoms with van der Waals surface area (Å²) in [6.45, 7) is 7.39. The minimum atomic E-state index is 0.0137. The predicted octanol–water partition coefficient (Wildman–Crippen LogP) is 3.34. The van der Waals surface area contributed by atoms with Gasteiger partial charge in [-0.2, -0.15) is 5.10 Å². The molecule has 152 valence electrons. The van der Waals surface area contributed by atoms with E-state index in [1.807, 2.05) is 31.7 Å². The maximum atomic E-state index is 12.8. The van der Waals surface area contributed by atoms with E-state index in [2.05, 4.69) is 45.2 Å². The van der Waals surface area contributed by atoms with Crippen molar-refractivity contribution in [2.75, 3.05) is 25.0 Å². The smallest absolute Gasteiger partial charge is 0.229 e. The number of anilines is 1. The Labute approximate surface area is 171 Å². The molecule has 1 amide bonds. The number of carbonyl (C=O) groups excluding carboxylic acids is 1. The van der Waals surface area contributed by atoms with Crippen LogP contribution in [0.1, 0.15) is 26.7 Å². The summed E-state index contributed by atoms with van der Waals surface area (Å²) in [5.41, 5.74) is 2.80. The summed E-state index contributed by atoms with van der Waals surface area (Å²) in [5, 5.41) is 8.19. The molecule has 0 aliphatic carbocycles. The first-order valence-electron chi connectivity index (χ1n) is 10.3. The lowest BCUT2D eigenvalue weighted by Gasteiger charge is -2.32. The molecule has 1 aliphatic heterocycles. The fourth-order valence-corrected chi connectivity index (χ4v) is 4.01. The average Bonchev–Trinajstić information content (AvgIpc) is 3.13. The number of aryl methyl sites for hydroxylation is 1. The van der Waals surface area contributed by atoms with Gasteiger partial charge in [-0.15, -0.1) is 0 Å². The van der Waals surface area contributed by atoms with E-state index >= 15 is 0 Å². The maximum Gasteiger partial charge on any atom is 0.229 e. The molecule has 0 aromatic carbocycles. The molecular formula is C22H28N6O. The molecule has 0 radical (unpaired) electrons. The van der Waals surface area contributed by atoms with Crippen LogP contribution < -0.4 is 5.32 Å². The van der Waals surface area contributed by atoms with Gasteiger partial charge < -0.3 is 10.2 Å². The Morgan fingerprint density at radius 2 is 2.07 bits per heavy atom. The molecule has 7 nitrogen and oxygen atoms in total. The number of carbonyl (C=O) groups is 1. The van der Waals surface area contributed by atoms with Crippen molar-refractivity contribution in [3.05, 3.63) is 36.9 Å². The molecule has 0 spiro atoms. The molecule has 3 aromatic rings. The van der Waals surface area contributed by atoms with Crippen LogP contribution in [0.2, 0.25) is 0 Å². The number of amides is 1. The first-order chi connectivity index (χ1) is 14.0. The Kier molecular flexibility index (Phi) is 5.58. The first-order valence-corrected chi connectivity index (χ1v) is 10.3. The Morgan fingerprint density at radius 3 is 2.83 bits per heavy atom. The fraction of sp³-hybridized carbons (Fsp3) is 0.455. The number of hydrogen-bond donors (Lipinski definition) is 1. The summed E-state index contributed by atoms with van der Waals surface area (Å²) < 4.78 is 1.77. The first kappa shape index (κ1) is 19.5. The SMILES string of the molecule is CC(C)CN1CCC[C@@H](C(=O)Nc2cc3cc(-c4cnn(C)c4)cnc3cn2)C1. The summed E-state index contributed by atoms with van der Waals surface area (Å²) in [4.78, 5) is 24.1. The van der Waals surface area contributed by atoms with Crippen LogP contribution in [0.4, 0.5) is 5.82 Å². The van der Waals surface area contributed by atoms with Crippen LogP contribution in [0, 0.1) is 11.8 Å². The third-order valence-corrected chi connectivity index (χ3v) is 5.36. The second-order valence-corrected chi connectivity index (χ2v) is 8.37. The van der Waals surface area contributed by atoms with Gasteiger partial charge in [0, 0.05) is 49.0 Å². The van der Waals surface area contributed by atoms with Crippen molar-refractivity contribution in [2.24, 2.45) is 18.9 Å². The van der Waals surface area contributed by atoms with Gasteiger partial charge in [-0.3, -0.25) is 14.5 Å². The molecule has 1 saturated heterocycles. The normalized spacial score (nSPS) is 17.7. The molecule has 0 bridgehead atoms. The molecule has 29 heavy (non-hydrogen) atoms. The molecular weight excluding hydrogens is 364 g/mol. The number of pyridine rings is 2. The molecule has 0 saturated carbocycles. The van der Waals surface area contributed by atoms with Crippen molar-refractivity contribution in [1.29, 1.82) is 0 Å². The number of likely N-dealkylation sites (tertiary alicyclic amines) is 1. The zero-order valence-corrected chi connectivity index (χ0v) is 17.3. The Morgan fingerprint density at radius 1 is 1.21 bits per heavy atom. The minimum absolute atomic E-state index is 0.0137. The van der Waals surface area contributed by atoms with E-state index in [0.29, 0.717) is 11.7 Å². The number of nitrogens with zero attached hydrogens (tertiary/aromatic N) is 5. The number of hydrogen-bond acceptors (Lipinski definition) is 5. The number of piperidine rings is 1. The van der Waals surface area contributed by atoms with E-state index in [1.54, 1.807) is 10.9 Å². The molecule has 1 aliphatic rings. The number of fused-ring (bicyclic) bond motifs is 1. The highest BCUT2D eigenvalue weighted by Crippen LogP contribution is 2.24. The summed E-state index contributed by atoms with van der Waals surface area (Å²) in [7, 11) is 1.89. The van der Waals surface area contributed by atoms with Gasteiger partial charge in [-0.1, -0.05) is 13.8 Å². The van der Waals surface area contributed by atoms with Crippen molar-refractivity contribution in [3.8, 4) is 11.1 Å². The standard InChI is InChI=1S/C22H28N6O/c1-15(2)12-28-6-4-5-16(14-28)22(29)26-21-8-17-7-18(9-23-20(17)11-24-21)19-10-25-27(3)13-19/h7-11,13,15-16H,4-6,12,14H2,1-3H3,(H,24,26,29)/t16-/m1/s1. The van der Waals surface area contributed by atoms with Gasteiger partial charge in [-0.05, 0) is 37.4 Å². The predicted molar refractivity (Wildman–Crippen MR) is 114 cm³/mol. The quantitative estimate of drug-likeness (QED) is 0.721. The minimum Gasteiger partial charge on any atom is -0.310 e. The van der Waals surface area contributed by atoms with Gasteiger partial charge in [-0.25, -0.2) is 4.98 Å². The topological polar surface area (TPSA) is 75.9 Å². The second kappa shape index (κ2) is 8.29. The van der Waals surface area contributed by atoms with Crippen LogP contribution >= 0.6 is 0 Å². The summed E-state index contributed by atoms with van der Waals surface area (Å²) in [5.74, 6) is 1.26. The molecule has 1 fully saturated rings. The summed E-state index contributed by atoms with van der Waals surface area (Å²) in [6, 6.07) is 3.95. The van der Waals surface area contributed by atoms with Gasteiger partial charge in [0.25, 0.3) is 0 Å². The van der Waals surface area contributed by atoms with Crippen LogP contribution in [0.25, 0.3) is 22.0 Å². The van der Waals surface area contributed by atoms with Crippen molar-refractivity contribution < 1.29 is 4.79 Å². The third-order valence-electron chi connectivity index (χ3n) is 5.36. The fourth-order valence-electron chi connectivity index (χ4n) is 4.01. The zero-order chi connectivity index (χ0) is 20.4. The van der Waals surface area contributed by atoms with Crippen molar-refractivity contribution >= 4 is 22.6 Å². The lowest BCUT2D eigenvalue weighted by Crippen LogP contribution is -2.42. The lowest BCUT2D eigenvalue weighted by atomic mass is 9.96. The number of nitrogens with one attached hydrogen (secondary N) is 1. The average molecular weight is 393 g/mol. The van der Waals surface area contributed by atoms with Crippen LogP contribution in [-0.2, 0) is 11.8 Å². The molecule has 4 heterocycles. The van der Waals surface area contributed by atoms with Crippen LogP contribution in [0.5, 0.6) is 0 Å². The summed E-state index contributed by atoms with van der Waals surface area (Å²) in [6.07, 6.45) is 9.31. The lowest BCUT2D eigenvalue weighted by molar-refractivity contribution is -0.121. The van der Waals surface area contributed by atoms with E-state index in [4.69, 9.17) is 0 Å². The highest BCUT2D eigenvalue weighted by atomic mass is 16.2. The van der Waals surface area contributed by atoms with E-state index in [0.717, 1.165) is 54.5 Å². The number of aromatic nitrogens is 4. The molecule has 7 heteroatoms. The highest BCUT2D eigenvalue weighted by molar-refractivity contribution is 5.94. The van der Waals surface area contributed by atoms with Crippen molar-refractivity contribution in [3.63, 3.8) is 0 Å². The molecule has 4 rings (SSSR count). The van der Waals surface area contributed by atoms with Gasteiger partial charge in [0.15, 0.2) is 0 Å². The van der Waals surface area contributed by atoms with Gasteiger partial charge in [0.2, 0.25) is 5.91 Å². The second-order valence-electron chi connectivity index (χ2n) is 8.37. The highest BCUT2D eigenvalue weighted by Gasteiger charge is 2.26. The monoisotopic (exact) mass is 392 g/mol. The molecule has 0 unspecified atom stereocenters. The van der Waals surface area contributed by atoms with E-state index in [-0.39, 0.29) is 11.8 Å².